The lowest BCUT2D eigenvalue weighted by atomic mass is 9.65. The Balaban J connectivity index is 2.01. The number of carbonyl (C=O) groups is 3. The minimum Gasteiger partial charge on any atom is -0.507 e. The quantitative estimate of drug-likeness (QED) is 0.273. The van der Waals surface area contributed by atoms with E-state index in [1.165, 1.54) is 12.1 Å². The predicted octanol–water partition coefficient (Wildman–Crippen LogP) is -0.389. The van der Waals surface area contributed by atoms with Gasteiger partial charge < -0.3 is 31.3 Å². The van der Waals surface area contributed by atoms with E-state index >= 15 is 0 Å². The van der Waals surface area contributed by atoms with Gasteiger partial charge in [0, 0.05) is 12.3 Å². The molecule has 3 aliphatic carbocycles. The molecule has 150 valence electrons. The number of amides is 1. The molecule has 0 bridgehead atoms. The number of hydrogen-bond acceptors (Lipinski definition) is 8. The summed E-state index contributed by atoms with van der Waals surface area (Å²) in [4.78, 5) is 36.9. The highest BCUT2D eigenvalue weighted by Crippen LogP contribution is 2.52. The van der Waals surface area contributed by atoms with Crippen molar-refractivity contribution >= 4 is 17.5 Å². The number of aliphatic hydroxyl groups excluding tert-OH is 2. The third kappa shape index (κ3) is 2.29. The smallest absolute Gasteiger partial charge is 0.256 e. The van der Waals surface area contributed by atoms with Gasteiger partial charge in [0.2, 0.25) is 5.79 Å². The Kier molecular flexibility index (Phi) is 3.86. The first kappa shape index (κ1) is 19.1. The normalized spacial score (nSPS) is 25.7. The second-order valence-electron chi connectivity index (χ2n) is 7.29. The van der Waals surface area contributed by atoms with Crippen LogP contribution in [0.2, 0.25) is 0 Å². The van der Waals surface area contributed by atoms with Crippen LogP contribution in [0.5, 0.6) is 5.75 Å². The lowest BCUT2D eigenvalue weighted by Gasteiger charge is -2.43. The van der Waals surface area contributed by atoms with Crippen LogP contribution >= 0.6 is 0 Å². The number of phenols is 1. The predicted molar refractivity (Wildman–Crippen MR) is 96.6 cm³/mol. The number of benzene rings is 1. The van der Waals surface area contributed by atoms with Gasteiger partial charge in [0.1, 0.15) is 17.1 Å². The molecule has 0 fully saturated rings. The average Bonchev–Trinajstić information content (AvgIpc) is 2.61. The molecular weight excluding hydrogens is 382 g/mol. The van der Waals surface area contributed by atoms with Crippen molar-refractivity contribution in [2.45, 2.75) is 31.2 Å². The molecule has 2 unspecified atom stereocenters. The number of rotatable bonds is 1. The first-order valence-electron chi connectivity index (χ1n) is 8.74. The van der Waals surface area contributed by atoms with Gasteiger partial charge in [-0.3, -0.25) is 14.4 Å². The molecular formula is C20H17NO8. The molecule has 29 heavy (non-hydrogen) atoms. The van der Waals surface area contributed by atoms with Crippen molar-refractivity contribution in [2.24, 2.45) is 5.73 Å². The average molecular weight is 399 g/mol. The number of hydrogen-bond donors (Lipinski definition) is 6. The van der Waals surface area contributed by atoms with E-state index in [1.807, 2.05) is 0 Å². The highest BCUT2D eigenvalue weighted by atomic mass is 16.5. The summed E-state index contributed by atoms with van der Waals surface area (Å²) < 4.78 is 0. The van der Waals surface area contributed by atoms with Gasteiger partial charge in [-0.15, -0.1) is 0 Å². The van der Waals surface area contributed by atoms with Gasteiger partial charge in [0.25, 0.3) is 5.91 Å². The number of Topliss-reactive ketones (excluding diaryl/α,β-unsaturated/α-hetero) is 2. The Morgan fingerprint density at radius 2 is 1.83 bits per heavy atom. The summed E-state index contributed by atoms with van der Waals surface area (Å²) >= 11 is 0. The molecule has 7 N–H and O–H groups in total. The largest absolute Gasteiger partial charge is 0.507 e. The molecule has 0 saturated carbocycles. The maximum Gasteiger partial charge on any atom is 0.256 e. The maximum atomic E-state index is 13.1. The van der Waals surface area contributed by atoms with Crippen LogP contribution in [-0.4, -0.2) is 54.9 Å². The van der Waals surface area contributed by atoms with Crippen LogP contribution in [-0.2, 0) is 9.59 Å². The van der Waals surface area contributed by atoms with E-state index in [2.05, 4.69) is 0 Å². The van der Waals surface area contributed by atoms with Crippen LogP contribution < -0.4 is 5.73 Å². The van der Waals surface area contributed by atoms with Crippen molar-refractivity contribution in [2.75, 3.05) is 0 Å². The summed E-state index contributed by atoms with van der Waals surface area (Å²) in [6.07, 6.45) is -2.19. The van der Waals surface area contributed by atoms with Gasteiger partial charge in [-0.05, 0) is 22.8 Å². The number of aliphatic hydroxyl groups is 4. The summed E-state index contributed by atoms with van der Waals surface area (Å²) in [6.45, 7) is 1.60. The zero-order valence-corrected chi connectivity index (χ0v) is 15.1. The lowest BCUT2D eigenvalue weighted by Crippen LogP contribution is -2.49. The summed E-state index contributed by atoms with van der Waals surface area (Å²) in [5.41, 5.74) is 2.83. The fraction of sp³-hybridized carbons (Fsp3) is 0.250. The van der Waals surface area contributed by atoms with Crippen molar-refractivity contribution in [3.63, 3.8) is 0 Å². The van der Waals surface area contributed by atoms with Crippen molar-refractivity contribution in [1.29, 1.82) is 0 Å². The van der Waals surface area contributed by atoms with E-state index in [0.717, 1.165) is 0 Å². The van der Waals surface area contributed by atoms with Gasteiger partial charge in [0.05, 0.1) is 22.8 Å². The highest BCUT2D eigenvalue weighted by Gasteiger charge is 2.55. The Bertz CT molecular complexity index is 1120. The third-order valence-electron chi connectivity index (χ3n) is 5.74. The van der Waals surface area contributed by atoms with Crippen LogP contribution in [0.15, 0.2) is 51.8 Å². The van der Waals surface area contributed by atoms with Crippen LogP contribution in [0, 0.1) is 0 Å². The minimum absolute atomic E-state index is 0.0556. The molecule has 0 aliphatic heterocycles. The topological polar surface area (TPSA) is 178 Å². The van der Waals surface area contributed by atoms with E-state index in [-0.39, 0.29) is 22.5 Å². The van der Waals surface area contributed by atoms with Crippen molar-refractivity contribution in [3.05, 3.63) is 63.0 Å². The molecule has 9 nitrogen and oxygen atoms in total. The summed E-state index contributed by atoms with van der Waals surface area (Å²) in [7, 11) is 0. The van der Waals surface area contributed by atoms with Crippen LogP contribution in [0.25, 0.3) is 0 Å². The maximum absolute atomic E-state index is 13.1. The highest BCUT2D eigenvalue weighted by molar-refractivity contribution is 6.22. The number of primary amides is 1. The van der Waals surface area contributed by atoms with E-state index in [9.17, 15) is 39.9 Å². The van der Waals surface area contributed by atoms with E-state index < -0.39 is 64.2 Å². The van der Waals surface area contributed by atoms with Crippen LogP contribution in [0.4, 0.5) is 0 Å². The Labute approximate surface area is 163 Å². The molecule has 1 amide bonds. The monoisotopic (exact) mass is 399 g/mol. The van der Waals surface area contributed by atoms with E-state index in [4.69, 9.17) is 5.73 Å². The molecule has 0 aromatic heterocycles. The first-order chi connectivity index (χ1) is 13.5. The minimum atomic E-state index is -3.12. The van der Waals surface area contributed by atoms with Crippen molar-refractivity contribution in [1.82, 2.24) is 0 Å². The molecule has 4 rings (SSSR count). The van der Waals surface area contributed by atoms with Crippen molar-refractivity contribution < 1.29 is 39.9 Å². The number of nitrogens with two attached hydrogens (primary N) is 1. The molecule has 1 aromatic rings. The molecule has 0 saturated heterocycles. The second-order valence-corrected chi connectivity index (χ2v) is 7.29. The first-order valence-corrected chi connectivity index (χ1v) is 8.74. The van der Waals surface area contributed by atoms with Crippen LogP contribution in [0.3, 0.4) is 0 Å². The molecule has 0 heterocycles. The van der Waals surface area contributed by atoms with Gasteiger partial charge in [-0.1, -0.05) is 19.1 Å². The van der Waals surface area contributed by atoms with Crippen molar-refractivity contribution in [3.8, 4) is 5.75 Å². The SMILES string of the molecule is CC1C2=C(C(=O)c3c(O)cccc31)C(O)(O)C1=C(CC(=O)C(C(N)=O)=C1O)C2O. The van der Waals surface area contributed by atoms with Gasteiger partial charge in [-0.25, -0.2) is 0 Å². The standard InChI is InChI=1S/C20H17NO8/c1-6-7-3-2-4-9(22)12(7)17(25)15-11(6)16(24)8-5-10(23)13(19(21)27)18(26)14(8)20(15,28)29/h2-4,6,16,22,24,26,28-29H,5H2,1H3,(H2,21,27). The van der Waals surface area contributed by atoms with Gasteiger partial charge >= 0.3 is 0 Å². The molecule has 0 radical (unpaired) electrons. The molecule has 2 atom stereocenters. The Morgan fingerprint density at radius 1 is 1.17 bits per heavy atom. The lowest BCUT2D eigenvalue weighted by molar-refractivity contribution is -0.122. The Morgan fingerprint density at radius 3 is 2.45 bits per heavy atom. The molecule has 9 heteroatoms. The fourth-order valence-corrected chi connectivity index (χ4v) is 4.49. The number of phenolic OH excluding ortho intramolecular Hbond substituents is 1. The van der Waals surface area contributed by atoms with Gasteiger partial charge in [-0.2, -0.15) is 0 Å². The number of ketones is 2. The van der Waals surface area contributed by atoms with E-state index in [1.54, 1.807) is 13.0 Å². The van der Waals surface area contributed by atoms with Gasteiger partial charge in [0.15, 0.2) is 11.6 Å². The summed E-state index contributed by atoms with van der Waals surface area (Å²) in [5, 5.41) is 53.3. The summed E-state index contributed by atoms with van der Waals surface area (Å²) in [5.74, 6) is -8.44. The number of carbonyl (C=O) groups excluding carboxylic acids is 3. The zero-order valence-electron chi connectivity index (χ0n) is 15.1. The van der Waals surface area contributed by atoms with E-state index in [0.29, 0.717) is 5.56 Å². The van der Waals surface area contributed by atoms with Crippen LogP contribution in [0.1, 0.15) is 35.2 Å². The number of fused-ring (bicyclic) bond motifs is 1. The second kappa shape index (κ2) is 5.86. The molecule has 3 aliphatic rings. The zero-order chi connectivity index (χ0) is 21.4. The summed E-state index contributed by atoms with van der Waals surface area (Å²) in [6, 6.07) is 4.33. The Hall–Kier alpha value is -3.27. The molecule has 1 aromatic carbocycles. The molecule has 0 spiro atoms. The fourth-order valence-electron chi connectivity index (χ4n) is 4.49. The third-order valence-corrected chi connectivity index (χ3v) is 5.74. The number of aromatic hydroxyl groups is 1.